The number of hydrogen-bond donors (Lipinski definition) is 1. The molecule has 29 heavy (non-hydrogen) atoms. The molecule has 146 valence electrons. The molecule has 0 fully saturated rings. The van der Waals surface area contributed by atoms with E-state index in [0.29, 0.717) is 5.69 Å². The number of thiophene rings is 1. The van der Waals surface area contributed by atoms with E-state index in [1.165, 1.54) is 24.3 Å². The molecule has 4 aromatic rings. The number of carbonyl (C=O) groups excluding carboxylic acids is 1. The third kappa shape index (κ3) is 3.98. The fourth-order valence-electron chi connectivity index (χ4n) is 2.67. The van der Waals surface area contributed by atoms with Gasteiger partial charge in [-0.2, -0.15) is 0 Å². The first kappa shape index (κ1) is 19.1. The smallest absolute Gasteiger partial charge is 0.268 e. The highest BCUT2D eigenvalue weighted by Gasteiger charge is 2.22. The van der Waals surface area contributed by atoms with Gasteiger partial charge < -0.3 is 4.52 Å². The van der Waals surface area contributed by atoms with Crippen LogP contribution in [0, 0.1) is 6.92 Å². The molecular weight excluding hydrogens is 408 g/mol. The van der Waals surface area contributed by atoms with Crippen molar-refractivity contribution in [1.29, 1.82) is 0 Å². The third-order valence-electron chi connectivity index (χ3n) is 4.22. The summed E-state index contributed by atoms with van der Waals surface area (Å²) in [7, 11) is -3.66. The molecule has 0 saturated carbocycles. The van der Waals surface area contributed by atoms with Crippen molar-refractivity contribution in [3.63, 3.8) is 0 Å². The molecule has 0 bridgehead atoms. The van der Waals surface area contributed by atoms with Gasteiger partial charge in [0, 0.05) is 11.6 Å². The highest BCUT2D eigenvalue weighted by atomic mass is 32.2. The number of hydrogen-bond acceptors (Lipinski definition) is 6. The second-order valence-electron chi connectivity index (χ2n) is 6.33. The Morgan fingerprint density at radius 3 is 2.45 bits per heavy atom. The number of rotatable bonds is 5. The van der Waals surface area contributed by atoms with E-state index in [1.54, 1.807) is 24.3 Å². The van der Waals surface area contributed by atoms with Crippen molar-refractivity contribution in [1.82, 2.24) is 5.16 Å². The van der Waals surface area contributed by atoms with Gasteiger partial charge in [0.25, 0.3) is 5.91 Å². The fraction of sp³-hybridized carbons (Fsp3) is 0.0476. The van der Waals surface area contributed by atoms with Crippen LogP contribution in [0.3, 0.4) is 0 Å². The molecule has 1 N–H and O–H groups in total. The van der Waals surface area contributed by atoms with E-state index in [-0.39, 0.29) is 19.9 Å². The van der Waals surface area contributed by atoms with Crippen molar-refractivity contribution >= 4 is 33.0 Å². The topological polar surface area (TPSA) is 89.3 Å². The number of amides is 1. The van der Waals surface area contributed by atoms with Gasteiger partial charge in [0.2, 0.25) is 15.7 Å². The van der Waals surface area contributed by atoms with Gasteiger partial charge in [-0.25, -0.2) is 8.42 Å². The van der Waals surface area contributed by atoms with Crippen LogP contribution < -0.4 is 5.32 Å². The zero-order chi connectivity index (χ0) is 20.4. The van der Waals surface area contributed by atoms with Crippen LogP contribution in [-0.4, -0.2) is 19.5 Å². The quantitative estimate of drug-likeness (QED) is 0.497. The average Bonchev–Trinajstić information content (AvgIpc) is 3.39. The van der Waals surface area contributed by atoms with Crippen molar-refractivity contribution in [3.8, 4) is 11.3 Å². The molecule has 0 radical (unpaired) electrons. The summed E-state index contributed by atoms with van der Waals surface area (Å²) in [5.41, 5.74) is 2.59. The summed E-state index contributed by atoms with van der Waals surface area (Å²) in [6.45, 7) is 1.99. The monoisotopic (exact) mass is 424 g/mol. The summed E-state index contributed by atoms with van der Waals surface area (Å²) in [6.07, 6.45) is 0. The van der Waals surface area contributed by atoms with Gasteiger partial charge in [-0.1, -0.05) is 53.2 Å². The third-order valence-corrected chi connectivity index (χ3v) is 7.56. The van der Waals surface area contributed by atoms with Crippen LogP contribution in [-0.2, 0) is 9.84 Å². The zero-order valence-corrected chi connectivity index (χ0v) is 17.0. The predicted molar refractivity (Wildman–Crippen MR) is 111 cm³/mol. The lowest BCUT2D eigenvalue weighted by molar-refractivity contribution is 0.102. The maximum Gasteiger partial charge on any atom is 0.268 e. The molecule has 0 aliphatic carbocycles. The number of anilines is 1. The molecule has 4 rings (SSSR count). The number of aromatic nitrogens is 1. The Bertz CT molecular complexity index is 1260. The summed E-state index contributed by atoms with van der Waals surface area (Å²) in [4.78, 5) is 12.9. The molecule has 0 unspecified atom stereocenters. The molecule has 0 aliphatic rings. The first-order valence-corrected chi connectivity index (χ1v) is 11.0. The minimum Gasteiger partial charge on any atom is -0.338 e. The van der Waals surface area contributed by atoms with Crippen molar-refractivity contribution in [2.24, 2.45) is 0 Å². The summed E-state index contributed by atoms with van der Waals surface area (Å²) < 4.78 is 30.6. The van der Waals surface area contributed by atoms with Crippen LogP contribution >= 0.6 is 11.3 Å². The Morgan fingerprint density at radius 1 is 1.00 bits per heavy atom. The number of carbonyl (C=O) groups is 1. The molecule has 2 aromatic carbocycles. The van der Waals surface area contributed by atoms with Crippen molar-refractivity contribution in [2.45, 2.75) is 16.0 Å². The van der Waals surface area contributed by atoms with E-state index in [9.17, 15) is 13.2 Å². The van der Waals surface area contributed by atoms with E-state index >= 15 is 0 Å². The van der Waals surface area contributed by atoms with Gasteiger partial charge in [0.1, 0.15) is 9.90 Å². The molecule has 6 nitrogen and oxygen atoms in total. The standard InChI is InChI=1S/C21H16N2O4S2/c1-14-7-9-15(10-8-14)17-13-19(27-23-17)22-21(24)18-11-12-20(28-18)29(25,26)16-5-3-2-4-6-16/h2-13H,1H3,(H,22,24). The molecule has 2 heterocycles. The maximum absolute atomic E-state index is 12.7. The molecule has 8 heteroatoms. The summed E-state index contributed by atoms with van der Waals surface area (Å²) in [5, 5.41) is 6.58. The SMILES string of the molecule is Cc1ccc(-c2cc(NC(=O)c3ccc(S(=O)(=O)c4ccccc4)s3)on2)cc1. The first-order chi connectivity index (χ1) is 13.9. The normalized spacial score (nSPS) is 11.3. The predicted octanol–water partition coefficient (Wildman–Crippen LogP) is 4.80. The Morgan fingerprint density at radius 2 is 1.72 bits per heavy atom. The molecule has 0 atom stereocenters. The van der Waals surface area contributed by atoms with Gasteiger partial charge in [-0.05, 0) is 31.2 Å². The van der Waals surface area contributed by atoms with Gasteiger partial charge in [0.15, 0.2) is 0 Å². The van der Waals surface area contributed by atoms with E-state index < -0.39 is 15.7 Å². The minimum absolute atomic E-state index is 0.103. The van der Waals surface area contributed by atoms with Crippen molar-refractivity contribution < 1.29 is 17.7 Å². The molecule has 0 aliphatic heterocycles. The van der Waals surface area contributed by atoms with Crippen LogP contribution in [0.2, 0.25) is 0 Å². The molecule has 1 amide bonds. The molecule has 2 aromatic heterocycles. The highest BCUT2D eigenvalue weighted by Crippen LogP contribution is 2.29. The Labute approximate surface area is 171 Å². The number of sulfone groups is 1. The molecule has 0 spiro atoms. The van der Waals surface area contributed by atoms with Gasteiger partial charge in [-0.3, -0.25) is 10.1 Å². The lowest BCUT2D eigenvalue weighted by Crippen LogP contribution is -2.09. The van der Waals surface area contributed by atoms with Crippen LogP contribution in [0.4, 0.5) is 5.88 Å². The average molecular weight is 425 g/mol. The lowest BCUT2D eigenvalue weighted by Gasteiger charge is -2.01. The second-order valence-corrected chi connectivity index (χ2v) is 9.59. The Balaban J connectivity index is 1.51. The second kappa shape index (κ2) is 7.65. The van der Waals surface area contributed by atoms with Gasteiger partial charge in [0.05, 0.1) is 9.77 Å². The Hall–Kier alpha value is -3.23. The van der Waals surface area contributed by atoms with Crippen molar-refractivity contribution in [2.75, 3.05) is 5.32 Å². The zero-order valence-electron chi connectivity index (χ0n) is 15.3. The van der Waals surface area contributed by atoms with Crippen LogP contribution in [0.5, 0.6) is 0 Å². The number of benzene rings is 2. The van der Waals surface area contributed by atoms with Crippen LogP contribution in [0.15, 0.2) is 86.4 Å². The number of nitrogens with one attached hydrogen (secondary N) is 1. The van der Waals surface area contributed by atoms with Crippen LogP contribution in [0.1, 0.15) is 15.2 Å². The van der Waals surface area contributed by atoms with E-state index in [2.05, 4.69) is 10.5 Å². The van der Waals surface area contributed by atoms with Gasteiger partial charge in [-0.15, -0.1) is 11.3 Å². The van der Waals surface area contributed by atoms with E-state index in [4.69, 9.17) is 4.52 Å². The number of aryl methyl sites for hydroxylation is 1. The minimum atomic E-state index is -3.66. The van der Waals surface area contributed by atoms with Gasteiger partial charge >= 0.3 is 0 Å². The summed E-state index contributed by atoms with van der Waals surface area (Å²) in [5.74, 6) is -0.275. The fourth-order valence-corrected chi connectivity index (χ4v) is 5.29. The Kier molecular flexibility index (Phi) is 5.04. The number of nitrogens with zero attached hydrogens (tertiary/aromatic N) is 1. The molecule has 0 saturated heterocycles. The molecular formula is C21H16N2O4S2. The van der Waals surface area contributed by atoms with Crippen molar-refractivity contribution in [3.05, 3.63) is 83.2 Å². The highest BCUT2D eigenvalue weighted by molar-refractivity contribution is 7.93. The largest absolute Gasteiger partial charge is 0.338 e. The maximum atomic E-state index is 12.7. The lowest BCUT2D eigenvalue weighted by atomic mass is 10.1. The van der Waals surface area contributed by atoms with E-state index in [0.717, 1.165) is 22.5 Å². The van der Waals surface area contributed by atoms with Crippen LogP contribution in [0.25, 0.3) is 11.3 Å². The summed E-state index contributed by atoms with van der Waals surface area (Å²) in [6, 6.07) is 20.4. The van der Waals surface area contributed by atoms with E-state index in [1.807, 2.05) is 31.2 Å². The summed E-state index contributed by atoms with van der Waals surface area (Å²) >= 11 is 0.905. The first-order valence-electron chi connectivity index (χ1n) is 8.68.